The average molecular weight is 273 g/mol. The number of anilines is 1. The van der Waals surface area contributed by atoms with Crippen LogP contribution in [0.15, 0.2) is 41.0 Å². The van der Waals surface area contributed by atoms with Crippen LogP contribution in [0.4, 0.5) is 5.69 Å². The molecule has 5 heteroatoms. The second-order valence-corrected chi connectivity index (χ2v) is 4.68. The first kappa shape index (κ1) is 12.7. The molecule has 1 amide bonds. The zero-order valence-corrected chi connectivity index (χ0v) is 11.0. The van der Waals surface area contributed by atoms with E-state index in [0.717, 1.165) is 0 Å². The summed E-state index contributed by atoms with van der Waals surface area (Å²) >= 11 is 0. The fourth-order valence-electron chi connectivity index (χ4n) is 2.22. The minimum atomic E-state index is -0.865. The lowest BCUT2D eigenvalue weighted by molar-refractivity contribution is -0.123. The summed E-state index contributed by atoms with van der Waals surface area (Å²) in [5.41, 5.74) is 1.21. The summed E-state index contributed by atoms with van der Waals surface area (Å²) in [4.78, 5) is 11.8. The summed E-state index contributed by atoms with van der Waals surface area (Å²) < 4.78 is 10.8. The van der Waals surface area contributed by atoms with Crippen LogP contribution in [0.1, 0.15) is 30.8 Å². The predicted octanol–water partition coefficient (Wildman–Crippen LogP) is 2.47. The molecule has 20 heavy (non-hydrogen) atoms. The number of amides is 1. The van der Waals surface area contributed by atoms with E-state index in [0.29, 0.717) is 29.2 Å². The van der Waals surface area contributed by atoms with Crippen LogP contribution in [0.5, 0.6) is 5.75 Å². The summed E-state index contributed by atoms with van der Waals surface area (Å²) in [6.45, 7) is 1.89. The fourth-order valence-corrected chi connectivity index (χ4v) is 2.22. The van der Waals surface area contributed by atoms with Crippen LogP contribution in [0.2, 0.25) is 0 Å². The Bertz CT molecular complexity index is 621. The van der Waals surface area contributed by atoms with Crippen molar-refractivity contribution in [1.29, 1.82) is 0 Å². The molecule has 104 valence electrons. The van der Waals surface area contributed by atoms with E-state index in [9.17, 15) is 9.90 Å². The molecule has 1 aliphatic heterocycles. The highest BCUT2D eigenvalue weighted by Gasteiger charge is 2.27. The molecule has 5 nitrogen and oxygen atoms in total. The third-order valence-corrected chi connectivity index (χ3v) is 3.32. The predicted molar refractivity (Wildman–Crippen MR) is 72.5 cm³/mol. The zero-order chi connectivity index (χ0) is 14.1. The molecule has 3 rings (SSSR count). The van der Waals surface area contributed by atoms with E-state index in [4.69, 9.17) is 9.15 Å². The lowest BCUT2D eigenvalue weighted by atomic mass is 10.0. The van der Waals surface area contributed by atoms with Gasteiger partial charge in [-0.05, 0) is 36.2 Å². The number of benzene rings is 1. The molecule has 0 unspecified atom stereocenters. The quantitative estimate of drug-likeness (QED) is 0.901. The summed E-state index contributed by atoms with van der Waals surface area (Å²) in [7, 11) is 0. The molecular formula is C15H15NO4. The van der Waals surface area contributed by atoms with Crippen molar-refractivity contribution >= 4 is 11.6 Å². The Morgan fingerprint density at radius 3 is 2.95 bits per heavy atom. The maximum absolute atomic E-state index is 11.8. The third-order valence-electron chi connectivity index (χ3n) is 3.32. The first-order valence-corrected chi connectivity index (χ1v) is 6.52. The molecule has 2 heterocycles. The van der Waals surface area contributed by atoms with Crippen molar-refractivity contribution in [3.8, 4) is 5.75 Å². The normalized spacial score (nSPS) is 18.9. The summed E-state index contributed by atoms with van der Waals surface area (Å²) in [6.07, 6.45) is 0.801. The Morgan fingerprint density at radius 1 is 1.40 bits per heavy atom. The second kappa shape index (κ2) is 5.02. The van der Waals surface area contributed by atoms with E-state index in [1.807, 2.05) is 6.92 Å². The molecule has 0 aliphatic carbocycles. The number of carbonyl (C=O) groups is 1. The molecule has 2 aromatic rings. The van der Waals surface area contributed by atoms with E-state index in [1.54, 1.807) is 30.3 Å². The first-order chi connectivity index (χ1) is 9.69. The smallest absolute Gasteiger partial charge is 0.265 e. The number of rotatable bonds is 3. The van der Waals surface area contributed by atoms with Crippen LogP contribution in [0.3, 0.4) is 0 Å². The van der Waals surface area contributed by atoms with Crippen LogP contribution in [0, 0.1) is 0 Å². The number of fused-ring (bicyclic) bond motifs is 1. The molecule has 2 atom stereocenters. The van der Waals surface area contributed by atoms with Gasteiger partial charge in [0.1, 0.15) is 17.6 Å². The minimum Gasteiger partial charge on any atom is -0.478 e. The number of aliphatic hydroxyl groups excluding tert-OH is 1. The molecular weight excluding hydrogens is 258 g/mol. The number of hydrogen-bond acceptors (Lipinski definition) is 4. The third kappa shape index (κ3) is 2.16. The van der Waals surface area contributed by atoms with Crippen LogP contribution in [-0.4, -0.2) is 17.1 Å². The number of carbonyl (C=O) groups excluding carboxylic acids is 1. The number of aliphatic hydroxyl groups is 1. The molecule has 0 spiro atoms. The summed E-state index contributed by atoms with van der Waals surface area (Å²) in [6, 6.07) is 8.63. The highest BCUT2D eigenvalue weighted by Crippen LogP contribution is 2.34. The minimum absolute atomic E-state index is 0.162. The Labute approximate surface area is 116 Å². The van der Waals surface area contributed by atoms with Gasteiger partial charge >= 0.3 is 0 Å². The van der Waals surface area contributed by atoms with Gasteiger partial charge in [0, 0.05) is 0 Å². The number of nitrogens with one attached hydrogen (secondary N) is 1. The van der Waals surface area contributed by atoms with Gasteiger partial charge in [-0.2, -0.15) is 0 Å². The Hall–Kier alpha value is -2.27. The molecule has 0 saturated carbocycles. The topological polar surface area (TPSA) is 71.7 Å². The van der Waals surface area contributed by atoms with E-state index >= 15 is 0 Å². The van der Waals surface area contributed by atoms with Gasteiger partial charge in [0.15, 0.2) is 6.10 Å². The number of ether oxygens (including phenoxy) is 1. The van der Waals surface area contributed by atoms with Gasteiger partial charge in [-0.1, -0.05) is 13.0 Å². The van der Waals surface area contributed by atoms with Crippen LogP contribution in [0.25, 0.3) is 0 Å². The van der Waals surface area contributed by atoms with Gasteiger partial charge in [-0.15, -0.1) is 0 Å². The maximum Gasteiger partial charge on any atom is 0.265 e. The molecule has 1 aromatic carbocycles. The maximum atomic E-state index is 11.8. The van der Waals surface area contributed by atoms with Crippen molar-refractivity contribution in [1.82, 2.24) is 0 Å². The van der Waals surface area contributed by atoms with E-state index < -0.39 is 12.2 Å². The van der Waals surface area contributed by atoms with Crippen molar-refractivity contribution in [2.45, 2.75) is 25.6 Å². The fraction of sp³-hybridized carbons (Fsp3) is 0.267. The monoisotopic (exact) mass is 273 g/mol. The Balaban J connectivity index is 1.90. The standard InChI is InChI=1S/C15H15NO4/c1-2-11-15(18)16-10-8-9(5-6-12(10)20-11)14(17)13-4-3-7-19-13/h3-8,11,14,17H,2H2,1H3,(H,16,18)/t11-,14+/m0/s1. The summed E-state index contributed by atoms with van der Waals surface area (Å²) in [5.74, 6) is 0.913. The molecule has 1 aromatic heterocycles. The molecule has 0 bridgehead atoms. The average Bonchev–Trinajstić information content (AvgIpc) is 2.99. The van der Waals surface area contributed by atoms with Crippen molar-refractivity contribution in [2.75, 3.05) is 5.32 Å². The Morgan fingerprint density at radius 2 is 2.25 bits per heavy atom. The lowest BCUT2D eigenvalue weighted by Gasteiger charge is -2.25. The van der Waals surface area contributed by atoms with E-state index in [1.165, 1.54) is 6.26 Å². The molecule has 0 radical (unpaired) electrons. The lowest BCUT2D eigenvalue weighted by Crippen LogP contribution is -2.36. The van der Waals surface area contributed by atoms with Gasteiger partial charge in [-0.3, -0.25) is 4.79 Å². The SMILES string of the molecule is CC[C@@H]1Oc2ccc([C@@H](O)c3ccco3)cc2NC1=O. The highest BCUT2D eigenvalue weighted by molar-refractivity contribution is 5.97. The van der Waals surface area contributed by atoms with E-state index in [-0.39, 0.29) is 5.91 Å². The van der Waals surface area contributed by atoms with Crippen molar-refractivity contribution in [3.05, 3.63) is 47.9 Å². The number of furan rings is 1. The van der Waals surface area contributed by atoms with Crippen LogP contribution < -0.4 is 10.1 Å². The van der Waals surface area contributed by atoms with Crippen molar-refractivity contribution < 1.29 is 19.1 Å². The largest absolute Gasteiger partial charge is 0.478 e. The van der Waals surface area contributed by atoms with Gasteiger partial charge in [-0.25, -0.2) is 0 Å². The van der Waals surface area contributed by atoms with Crippen LogP contribution in [-0.2, 0) is 4.79 Å². The number of hydrogen-bond donors (Lipinski definition) is 2. The van der Waals surface area contributed by atoms with E-state index in [2.05, 4.69) is 5.32 Å². The van der Waals surface area contributed by atoms with Gasteiger partial charge in [0.2, 0.25) is 0 Å². The van der Waals surface area contributed by atoms with Crippen molar-refractivity contribution in [2.24, 2.45) is 0 Å². The zero-order valence-electron chi connectivity index (χ0n) is 11.0. The highest BCUT2D eigenvalue weighted by atomic mass is 16.5. The van der Waals surface area contributed by atoms with Gasteiger partial charge in [0.25, 0.3) is 5.91 Å². The second-order valence-electron chi connectivity index (χ2n) is 4.68. The first-order valence-electron chi connectivity index (χ1n) is 6.52. The van der Waals surface area contributed by atoms with Gasteiger partial charge in [0.05, 0.1) is 12.0 Å². The molecule has 0 fully saturated rings. The molecule has 1 aliphatic rings. The van der Waals surface area contributed by atoms with Gasteiger partial charge < -0.3 is 19.6 Å². The van der Waals surface area contributed by atoms with Crippen LogP contribution >= 0.6 is 0 Å². The van der Waals surface area contributed by atoms with Crippen molar-refractivity contribution in [3.63, 3.8) is 0 Å². The summed E-state index contributed by atoms with van der Waals surface area (Å²) in [5, 5.41) is 13.0. The molecule has 0 saturated heterocycles. The Kier molecular flexibility index (Phi) is 3.20. The molecule has 2 N–H and O–H groups in total.